The summed E-state index contributed by atoms with van der Waals surface area (Å²) in [4.78, 5) is 27.6. The molecule has 0 atom stereocenters. The number of hydrogen-bond acceptors (Lipinski definition) is 4. The molecule has 0 aliphatic heterocycles. The lowest BCUT2D eigenvalue weighted by Crippen LogP contribution is -2.48. The zero-order chi connectivity index (χ0) is 15.2. The molecule has 0 saturated heterocycles. The molecule has 2 fully saturated rings. The Labute approximate surface area is 126 Å². The number of carbonyl (C=O) groups is 2. The normalized spacial score (nSPS) is 18.4. The zero-order valence-electron chi connectivity index (χ0n) is 12.9. The molecule has 0 heterocycles. The lowest BCUT2D eigenvalue weighted by Gasteiger charge is -2.37. The SMILES string of the molecule is CN(CC(=O)NC1CC1)C(=O)CN(CCCO)C1CCC1. The van der Waals surface area contributed by atoms with Crippen LogP contribution in [0.25, 0.3) is 0 Å². The van der Waals surface area contributed by atoms with Gasteiger partial charge in [0.05, 0.1) is 13.1 Å². The van der Waals surface area contributed by atoms with E-state index in [9.17, 15) is 9.59 Å². The Kier molecular flexibility index (Phi) is 5.99. The van der Waals surface area contributed by atoms with Crippen LogP contribution in [-0.4, -0.2) is 72.1 Å². The molecule has 0 bridgehead atoms. The first kappa shape index (κ1) is 16.2. The highest BCUT2D eigenvalue weighted by molar-refractivity contribution is 5.85. The average molecular weight is 297 g/mol. The molecule has 2 amide bonds. The Balaban J connectivity index is 1.74. The van der Waals surface area contributed by atoms with Gasteiger partial charge in [0.2, 0.25) is 11.8 Å². The van der Waals surface area contributed by atoms with Gasteiger partial charge in [0.15, 0.2) is 0 Å². The predicted octanol–water partition coefficient (Wildman–Crippen LogP) is -0.0397. The van der Waals surface area contributed by atoms with Crippen molar-refractivity contribution in [3.05, 3.63) is 0 Å². The summed E-state index contributed by atoms with van der Waals surface area (Å²) < 4.78 is 0. The number of aliphatic hydroxyl groups excluding tert-OH is 1. The second-order valence-electron chi connectivity index (χ2n) is 6.22. The molecule has 120 valence electrons. The van der Waals surface area contributed by atoms with Crippen LogP contribution in [0.1, 0.15) is 38.5 Å². The molecular weight excluding hydrogens is 270 g/mol. The Morgan fingerprint density at radius 3 is 2.43 bits per heavy atom. The predicted molar refractivity (Wildman–Crippen MR) is 79.7 cm³/mol. The first-order chi connectivity index (χ1) is 10.1. The topological polar surface area (TPSA) is 72.9 Å². The number of carbonyl (C=O) groups excluding carboxylic acids is 2. The smallest absolute Gasteiger partial charge is 0.239 e. The second-order valence-corrected chi connectivity index (χ2v) is 6.22. The van der Waals surface area contributed by atoms with Crippen molar-refractivity contribution in [1.29, 1.82) is 0 Å². The number of likely N-dealkylation sites (N-methyl/N-ethyl adjacent to an activating group) is 1. The summed E-state index contributed by atoms with van der Waals surface area (Å²) >= 11 is 0. The average Bonchev–Trinajstić information content (AvgIpc) is 3.17. The minimum Gasteiger partial charge on any atom is -0.396 e. The summed E-state index contributed by atoms with van der Waals surface area (Å²) in [5.41, 5.74) is 0. The van der Waals surface area contributed by atoms with Crippen LogP contribution in [0.2, 0.25) is 0 Å². The van der Waals surface area contributed by atoms with Gasteiger partial charge in [0, 0.05) is 32.3 Å². The zero-order valence-corrected chi connectivity index (χ0v) is 12.9. The van der Waals surface area contributed by atoms with E-state index in [1.54, 1.807) is 7.05 Å². The molecule has 6 nitrogen and oxygen atoms in total. The fourth-order valence-electron chi connectivity index (χ4n) is 2.52. The van der Waals surface area contributed by atoms with Gasteiger partial charge < -0.3 is 15.3 Å². The first-order valence-corrected chi connectivity index (χ1v) is 7.98. The first-order valence-electron chi connectivity index (χ1n) is 7.98. The molecule has 2 aliphatic rings. The van der Waals surface area contributed by atoms with E-state index in [4.69, 9.17) is 5.11 Å². The van der Waals surface area contributed by atoms with E-state index in [-0.39, 0.29) is 25.0 Å². The molecule has 0 radical (unpaired) electrons. The Morgan fingerprint density at radius 2 is 1.90 bits per heavy atom. The van der Waals surface area contributed by atoms with Crippen LogP contribution in [0.3, 0.4) is 0 Å². The number of nitrogens with zero attached hydrogens (tertiary/aromatic N) is 2. The quantitative estimate of drug-likeness (QED) is 0.626. The van der Waals surface area contributed by atoms with E-state index in [0.29, 0.717) is 25.0 Å². The molecule has 2 aliphatic carbocycles. The summed E-state index contributed by atoms with van der Waals surface area (Å²) in [6.07, 6.45) is 6.28. The summed E-state index contributed by atoms with van der Waals surface area (Å²) in [6, 6.07) is 0.797. The van der Waals surface area contributed by atoms with E-state index in [1.807, 2.05) is 0 Å². The lowest BCUT2D eigenvalue weighted by molar-refractivity contribution is -0.136. The molecule has 2 N–H and O–H groups in total. The fraction of sp³-hybridized carbons (Fsp3) is 0.867. The number of aliphatic hydroxyl groups is 1. The van der Waals surface area contributed by atoms with Crippen molar-refractivity contribution in [3.8, 4) is 0 Å². The molecule has 21 heavy (non-hydrogen) atoms. The maximum Gasteiger partial charge on any atom is 0.239 e. The highest BCUT2D eigenvalue weighted by Gasteiger charge is 2.28. The Hall–Kier alpha value is -1.14. The monoisotopic (exact) mass is 297 g/mol. The van der Waals surface area contributed by atoms with Gasteiger partial charge in [-0.2, -0.15) is 0 Å². The lowest BCUT2D eigenvalue weighted by atomic mass is 9.91. The van der Waals surface area contributed by atoms with Crippen LogP contribution >= 0.6 is 0 Å². The molecule has 2 saturated carbocycles. The molecule has 6 heteroatoms. The van der Waals surface area contributed by atoms with E-state index >= 15 is 0 Å². The number of amides is 2. The molecule has 0 aromatic carbocycles. The maximum atomic E-state index is 12.2. The van der Waals surface area contributed by atoms with Gasteiger partial charge in [0.25, 0.3) is 0 Å². The van der Waals surface area contributed by atoms with Gasteiger partial charge in [-0.05, 0) is 32.1 Å². The minimum atomic E-state index is -0.0705. The molecule has 0 aromatic heterocycles. The van der Waals surface area contributed by atoms with Gasteiger partial charge >= 0.3 is 0 Å². The van der Waals surface area contributed by atoms with Crippen molar-refractivity contribution in [2.75, 3.05) is 33.3 Å². The summed E-state index contributed by atoms with van der Waals surface area (Å²) in [6.45, 7) is 1.37. The van der Waals surface area contributed by atoms with E-state index < -0.39 is 0 Å². The number of hydrogen-bond donors (Lipinski definition) is 2. The summed E-state index contributed by atoms with van der Waals surface area (Å²) in [7, 11) is 1.68. The second kappa shape index (κ2) is 7.75. The van der Waals surface area contributed by atoms with Crippen LogP contribution in [0.15, 0.2) is 0 Å². The van der Waals surface area contributed by atoms with Crippen molar-refractivity contribution >= 4 is 11.8 Å². The van der Waals surface area contributed by atoms with E-state index in [1.165, 1.54) is 11.3 Å². The van der Waals surface area contributed by atoms with Crippen LogP contribution in [0.4, 0.5) is 0 Å². The van der Waals surface area contributed by atoms with Gasteiger partial charge in [-0.1, -0.05) is 6.42 Å². The minimum absolute atomic E-state index is 0.0224. The van der Waals surface area contributed by atoms with Crippen molar-refractivity contribution in [2.24, 2.45) is 0 Å². The third-order valence-corrected chi connectivity index (χ3v) is 4.28. The molecule has 0 aromatic rings. The van der Waals surface area contributed by atoms with Crippen LogP contribution in [0.5, 0.6) is 0 Å². The standard InChI is InChI=1S/C15H27N3O3/c1-17(10-14(20)16-12-6-7-12)15(21)11-18(8-3-9-19)13-4-2-5-13/h12-13,19H,2-11H2,1H3,(H,16,20). The van der Waals surface area contributed by atoms with Crippen molar-refractivity contribution in [2.45, 2.75) is 50.6 Å². The van der Waals surface area contributed by atoms with Crippen LogP contribution in [-0.2, 0) is 9.59 Å². The summed E-state index contributed by atoms with van der Waals surface area (Å²) in [5, 5.41) is 11.9. The van der Waals surface area contributed by atoms with Gasteiger partial charge in [-0.25, -0.2) is 0 Å². The highest BCUT2D eigenvalue weighted by atomic mass is 16.3. The van der Waals surface area contributed by atoms with Crippen LogP contribution in [0, 0.1) is 0 Å². The molecule has 0 unspecified atom stereocenters. The van der Waals surface area contributed by atoms with Gasteiger partial charge in [-0.15, -0.1) is 0 Å². The Morgan fingerprint density at radius 1 is 1.19 bits per heavy atom. The van der Waals surface area contributed by atoms with Crippen molar-refractivity contribution in [3.63, 3.8) is 0 Å². The Bertz CT molecular complexity index is 367. The molecular formula is C15H27N3O3. The number of nitrogens with one attached hydrogen (secondary N) is 1. The van der Waals surface area contributed by atoms with Crippen molar-refractivity contribution < 1.29 is 14.7 Å². The molecule has 2 rings (SSSR count). The molecule has 0 spiro atoms. The largest absolute Gasteiger partial charge is 0.396 e. The van der Waals surface area contributed by atoms with Crippen molar-refractivity contribution in [1.82, 2.24) is 15.1 Å². The van der Waals surface area contributed by atoms with Gasteiger partial charge in [-0.3, -0.25) is 14.5 Å². The van der Waals surface area contributed by atoms with E-state index in [2.05, 4.69) is 10.2 Å². The number of rotatable bonds is 9. The van der Waals surface area contributed by atoms with Crippen LogP contribution < -0.4 is 5.32 Å². The third-order valence-electron chi connectivity index (χ3n) is 4.28. The summed E-state index contributed by atoms with van der Waals surface area (Å²) in [5.74, 6) is -0.0929. The fourth-order valence-corrected chi connectivity index (χ4v) is 2.52. The van der Waals surface area contributed by atoms with Gasteiger partial charge in [0.1, 0.15) is 0 Å². The van der Waals surface area contributed by atoms with E-state index in [0.717, 1.165) is 32.2 Å². The third kappa shape index (κ3) is 5.28. The highest BCUT2D eigenvalue weighted by Crippen LogP contribution is 2.24. The maximum absolute atomic E-state index is 12.2.